The van der Waals surface area contributed by atoms with Crippen molar-refractivity contribution in [1.29, 1.82) is 0 Å². The van der Waals surface area contributed by atoms with E-state index in [1.807, 2.05) is 30.0 Å². The van der Waals surface area contributed by atoms with Gasteiger partial charge in [0.2, 0.25) is 5.89 Å². The number of carbonyl (C=O) groups excluding carboxylic acids is 1. The summed E-state index contributed by atoms with van der Waals surface area (Å²) < 4.78 is 5.42. The molecule has 2 aromatic heterocycles. The van der Waals surface area contributed by atoms with Crippen LogP contribution in [0.15, 0.2) is 40.9 Å². The molecular weight excluding hydrogens is 318 g/mol. The summed E-state index contributed by atoms with van der Waals surface area (Å²) in [6.45, 7) is 4.81. The number of nitrogens with zero attached hydrogens (tertiary/aromatic N) is 4. The minimum Gasteiger partial charge on any atom is -0.339 e. The molecule has 1 N–H and O–H groups in total. The van der Waals surface area contributed by atoms with Gasteiger partial charge in [0.1, 0.15) is 5.69 Å². The maximum absolute atomic E-state index is 12.8. The minimum absolute atomic E-state index is 0.0208. The van der Waals surface area contributed by atoms with Gasteiger partial charge in [0, 0.05) is 24.7 Å². The highest BCUT2D eigenvalue weighted by Gasteiger charge is 2.40. The molecule has 1 amide bonds. The Morgan fingerprint density at radius 2 is 1.96 bits per heavy atom. The first-order valence-corrected chi connectivity index (χ1v) is 8.28. The van der Waals surface area contributed by atoms with Crippen molar-refractivity contribution in [2.75, 3.05) is 13.1 Å². The van der Waals surface area contributed by atoms with E-state index in [1.165, 1.54) is 0 Å². The number of H-pyrrole nitrogens is 1. The molecule has 0 unspecified atom stereocenters. The van der Waals surface area contributed by atoms with Gasteiger partial charge >= 0.3 is 0 Å². The number of rotatable bonds is 3. The normalized spacial score (nSPS) is 20.2. The van der Waals surface area contributed by atoms with E-state index in [1.54, 1.807) is 13.0 Å². The van der Waals surface area contributed by atoms with Crippen molar-refractivity contribution in [3.8, 4) is 0 Å². The van der Waals surface area contributed by atoms with E-state index >= 15 is 0 Å². The van der Waals surface area contributed by atoms with Crippen LogP contribution in [0.4, 0.5) is 0 Å². The number of benzene rings is 1. The standard InChI is InChI=1S/C18H19N5O2/c1-11-8-16(21-20-11)18(24)23-9-14(13-6-4-3-5-7-13)15(10-23)17-19-12(2)22-25-17/h3-8,14-15H,9-10H2,1-2H3,(H,20,21)/t14-,15+/m0/s1. The predicted octanol–water partition coefficient (Wildman–Crippen LogP) is 2.43. The number of nitrogens with one attached hydrogen (secondary N) is 1. The number of carbonyl (C=O) groups is 1. The van der Waals surface area contributed by atoms with Crippen molar-refractivity contribution in [3.63, 3.8) is 0 Å². The Hall–Kier alpha value is -2.96. The molecule has 25 heavy (non-hydrogen) atoms. The van der Waals surface area contributed by atoms with E-state index in [0.29, 0.717) is 30.5 Å². The van der Waals surface area contributed by atoms with Crippen LogP contribution < -0.4 is 0 Å². The Labute approximate surface area is 145 Å². The van der Waals surface area contributed by atoms with Crippen LogP contribution in [0.5, 0.6) is 0 Å². The lowest BCUT2D eigenvalue weighted by Gasteiger charge is -2.15. The van der Waals surface area contributed by atoms with Gasteiger partial charge in [0.25, 0.3) is 5.91 Å². The number of amides is 1. The number of aromatic nitrogens is 4. The predicted molar refractivity (Wildman–Crippen MR) is 90.2 cm³/mol. The molecule has 0 radical (unpaired) electrons. The van der Waals surface area contributed by atoms with Crippen LogP contribution in [0.2, 0.25) is 0 Å². The maximum Gasteiger partial charge on any atom is 0.274 e. The van der Waals surface area contributed by atoms with Gasteiger partial charge in [-0.1, -0.05) is 35.5 Å². The molecule has 0 bridgehead atoms. The average molecular weight is 337 g/mol. The van der Waals surface area contributed by atoms with E-state index in [0.717, 1.165) is 11.3 Å². The van der Waals surface area contributed by atoms with E-state index in [-0.39, 0.29) is 17.7 Å². The first-order valence-electron chi connectivity index (χ1n) is 8.28. The highest BCUT2D eigenvalue weighted by Crippen LogP contribution is 2.39. The Morgan fingerprint density at radius 3 is 2.60 bits per heavy atom. The van der Waals surface area contributed by atoms with Crippen molar-refractivity contribution < 1.29 is 9.32 Å². The van der Waals surface area contributed by atoms with Gasteiger partial charge in [0.05, 0.1) is 5.92 Å². The van der Waals surface area contributed by atoms with Crippen LogP contribution in [0.1, 0.15) is 45.3 Å². The zero-order valence-corrected chi connectivity index (χ0v) is 14.1. The molecule has 1 aliphatic heterocycles. The second-order valence-electron chi connectivity index (χ2n) is 6.45. The lowest BCUT2D eigenvalue weighted by atomic mass is 9.89. The monoisotopic (exact) mass is 337 g/mol. The van der Waals surface area contributed by atoms with Crippen molar-refractivity contribution in [2.24, 2.45) is 0 Å². The summed E-state index contributed by atoms with van der Waals surface area (Å²) in [5.41, 5.74) is 2.47. The van der Waals surface area contributed by atoms with Crippen LogP contribution in [0, 0.1) is 13.8 Å². The number of hydrogen-bond donors (Lipinski definition) is 1. The van der Waals surface area contributed by atoms with Crippen LogP contribution in [-0.2, 0) is 0 Å². The molecule has 1 aromatic carbocycles. The molecule has 4 rings (SSSR count). The number of likely N-dealkylation sites (tertiary alicyclic amines) is 1. The third kappa shape index (κ3) is 2.93. The number of aromatic amines is 1. The molecule has 128 valence electrons. The topological polar surface area (TPSA) is 87.9 Å². The van der Waals surface area contributed by atoms with Gasteiger partial charge in [-0.05, 0) is 25.5 Å². The summed E-state index contributed by atoms with van der Waals surface area (Å²) in [6, 6.07) is 11.9. The molecule has 2 atom stereocenters. The average Bonchev–Trinajstić information content (AvgIpc) is 3.34. The summed E-state index contributed by atoms with van der Waals surface area (Å²) in [5, 5.41) is 10.8. The van der Waals surface area contributed by atoms with Gasteiger partial charge in [0.15, 0.2) is 5.82 Å². The Kier molecular flexibility index (Phi) is 3.83. The molecule has 7 nitrogen and oxygen atoms in total. The molecule has 3 heterocycles. The van der Waals surface area contributed by atoms with Gasteiger partial charge in [-0.15, -0.1) is 0 Å². The molecule has 0 saturated carbocycles. The lowest BCUT2D eigenvalue weighted by molar-refractivity contribution is 0.0782. The molecule has 0 aliphatic carbocycles. The van der Waals surface area contributed by atoms with Gasteiger partial charge in [-0.25, -0.2) is 0 Å². The Balaban J connectivity index is 1.65. The zero-order chi connectivity index (χ0) is 17.4. The van der Waals surface area contributed by atoms with Crippen molar-refractivity contribution >= 4 is 5.91 Å². The third-order valence-electron chi connectivity index (χ3n) is 4.62. The van der Waals surface area contributed by atoms with Crippen LogP contribution in [0.3, 0.4) is 0 Å². The first-order chi connectivity index (χ1) is 12.1. The fourth-order valence-corrected chi connectivity index (χ4v) is 3.41. The zero-order valence-electron chi connectivity index (χ0n) is 14.1. The first kappa shape index (κ1) is 15.6. The van der Waals surface area contributed by atoms with Crippen molar-refractivity contribution in [2.45, 2.75) is 25.7 Å². The van der Waals surface area contributed by atoms with E-state index in [2.05, 4.69) is 32.5 Å². The quantitative estimate of drug-likeness (QED) is 0.793. The van der Waals surface area contributed by atoms with Gasteiger partial charge < -0.3 is 9.42 Å². The van der Waals surface area contributed by atoms with Crippen molar-refractivity contribution in [1.82, 2.24) is 25.2 Å². The molecule has 0 spiro atoms. The summed E-state index contributed by atoms with van der Waals surface area (Å²) in [7, 11) is 0. The van der Waals surface area contributed by atoms with Crippen LogP contribution >= 0.6 is 0 Å². The van der Waals surface area contributed by atoms with Crippen LogP contribution in [-0.4, -0.2) is 44.2 Å². The Morgan fingerprint density at radius 1 is 1.20 bits per heavy atom. The second-order valence-corrected chi connectivity index (χ2v) is 6.45. The highest BCUT2D eigenvalue weighted by atomic mass is 16.5. The van der Waals surface area contributed by atoms with E-state index in [9.17, 15) is 4.79 Å². The largest absolute Gasteiger partial charge is 0.339 e. The number of hydrogen-bond acceptors (Lipinski definition) is 5. The smallest absolute Gasteiger partial charge is 0.274 e. The van der Waals surface area contributed by atoms with E-state index < -0.39 is 0 Å². The molecule has 1 fully saturated rings. The maximum atomic E-state index is 12.8. The third-order valence-corrected chi connectivity index (χ3v) is 4.62. The summed E-state index contributed by atoms with van der Waals surface area (Å²) in [5.74, 6) is 1.20. The minimum atomic E-state index is -0.0796. The van der Waals surface area contributed by atoms with Gasteiger partial charge in [-0.2, -0.15) is 10.1 Å². The highest BCUT2D eigenvalue weighted by molar-refractivity contribution is 5.92. The number of aryl methyl sites for hydroxylation is 2. The summed E-state index contributed by atoms with van der Waals surface area (Å²) in [6.07, 6.45) is 0. The SMILES string of the molecule is Cc1noc([C@@H]2CN(C(=O)c3cc(C)[nH]n3)C[C@H]2c2ccccc2)n1. The lowest BCUT2D eigenvalue weighted by Crippen LogP contribution is -2.29. The van der Waals surface area contributed by atoms with Crippen LogP contribution in [0.25, 0.3) is 0 Å². The molecule has 1 saturated heterocycles. The molecule has 7 heteroatoms. The molecular formula is C18H19N5O2. The summed E-state index contributed by atoms with van der Waals surface area (Å²) in [4.78, 5) is 19.0. The summed E-state index contributed by atoms with van der Waals surface area (Å²) >= 11 is 0. The van der Waals surface area contributed by atoms with Gasteiger partial charge in [-0.3, -0.25) is 9.89 Å². The van der Waals surface area contributed by atoms with Crippen molar-refractivity contribution in [3.05, 3.63) is 65.1 Å². The molecule has 3 aromatic rings. The van der Waals surface area contributed by atoms with E-state index in [4.69, 9.17) is 4.52 Å². The Bertz CT molecular complexity index is 886. The fourth-order valence-electron chi connectivity index (χ4n) is 3.41. The molecule has 1 aliphatic rings. The fraction of sp³-hybridized carbons (Fsp3) is 0.333. The second kappa shape index (κ2) is 6.16.